The summed E-state index contributed by atoms with van der Waals surface area (Å²) < 4.78 is 3.65. The first-order valence-corrected chi connectivity index (χ1v) is 7.82. The Morgan fingerprint density at radius 3 is 3.09 bits per heavy atom. The van der Waals surface area contributed by atoms with Crippen molar-refractivity contribution in [2.75, 3.05) is 11.9 Å². The van der Waals surface area contributed by atoms with E-state index < -0.39 is 0 Å². The predicted molar refractivity (Wildman–Crippen MR) is 84.9 cm³/mol. The Morgan fingerprint density at radius 2 is 2.22 bits per heavy atom. The molecule has 0 fully saturated rings. The van der Waals surface area contributed by atoms with Gasteiger partial charge in [0.05, 0.1) is 37.0 Å². The fourth-order valence-corrected chi connectivity index (χ4v) is 3.30. The van der Waals surface area contributed by atoms with Gasteiger partial charge in [-0.15, -0.1) is 0 Å². The van der Waals surface area contributed by atoms with Gasteiger partial charge in [0.15, 0.2) is 5.65 Å². The zero-order valence-electron chi connectivity index (χ0n) is 13.0. The van der Waals surface area contributed by atoms with Crippen LogP contribution >= 0.6 is 0 Å². The third-order valence-electron chi connectivity index (χ3n) is 4.41. The number of anilines is 1. The summed E-state index contributed by atoms with van der Waals surface area (Å²) in [5.41, 5.74) is 3.22. The maximum Gasteiger partial charge on any atom is 0.163 e. The number of aromatic nitrogens is 6. The van der Waals surface area contributed by atoms with Gasteiger partial charge in [0.25, 0.3) is 0 Å². The van der Waals surface area contributed by atoms with E-state index in [1.54, 1.807) is 17.2 Å². The lowest BCUT2D eigenvalue weighted by Gasteiger charge is -2.24. The van der Waals surface area contributed by atoms with Crippen molar-refractivity contribution >= 4 is 16.9 Å². The van der Waals surface area contributed by atoms with Crippen LogP contribution in [0.5, 0.6) is 0 Å². The fourth-order valence-electron chi connectivity index (χ4n) is 3.30. The Hall–Kier alpha value is -2.48. The van der Waals surface area contributed by atoms with Crippen molar-refractivity contribution in [1.82, 2.24) is 29.5 Å². The number of aliphatic hydroxyl groups is 1. The monoisotopic (exact) mass is 313 g/mol. The van der Waals surface area contributed by atoms with Gasteiger partial charge in [-0.2, -0.15) is 10.2 Å². The molecule has 8 nitrogen and oxygen atoms in total. The van der Waals surface area contributed by atoms with E-state index in [1.165, 1.54) is 11.3 Å². The van der Waals surface area contributed by atoms with E-state index in [9.17, 15) is 0 Å². The third-order valence-corrected chi connectivity index (χ3v) is 4.41. The molecule has 3 heterocycles. The van der Waals surface area contributed by atoms with Gasteiger partial charge in [0.1, 0.15) is 12.1 Å². The minimum Gasteiger partial charge on any atom is -0.394 e. The molecule has 0 saturated heterocycles. The fraction of sp³-hybridized carbons (Fsp3) is 0.467. The summed E-state index contributed by atoms with van der Waals surface area (Å²) in [6.07, 6.45) is 8.37. The van der Waals surface area contributed by atoms with E-state index in [-0.39, 0.29) is 12.6 Å². The van der Waals surface area contributed by atoms with Crippen molar-refractivity contribution in [3.8, 4) is 0 Å². The summed E-state index contributed by atoms with van der Waals surface area (Å²) in [7, 11) is 1.87. The zero-order valence-corrected chi connectivity index (χ0v) is 13.0. The third kappa shape index (κ3) is 2.35. The van der Waals surface area contributed by atoms with Crippen LogP contribution in [0.4, 0.5) is 5.82 Å². The van der Waals surface area contributed by atoms with Crippen LogP contribution in [-0.2, 0) is 20.0 Å². The average molecular weight is 313 g/mol. The first-order chi connectivity index (χ1) is 11.3. The second-order valence-electron chi connectivity index (χ2n) is 5.81. The molecule has 0 spiro atoms. The van der Waals surface area contributed by atoms with Crippen molar-refractivity contribution in [1.29, 1.82) is 0 Å². The van der Waals surface area contributed by atoms with Gasteiger partial charge >= 0.3 is 0 Å². The summed E-state index contributed by atoms with van der Waals surface area (Å²) >= 11 is 0. The molecule has 2 N–H and O–H groups in total. The lowest BCUT2D eigenvalue weighted by Crippen LogP contribution is -2.19. The Morgan fingerprint density at radius 1 is 1.30 bits per heavy atom. The van der Waals surface area contributed by atoms with E-state index >= 15 is 0 Å². The molecule has 0 amide bonds. The van der Waals surface area contributed by atoms with Crippen LogP contribution in [0.1, 0.15) is 30.1 Å². The van der Waals surface area contributed by atoms with E-state index in [2.05, 4.69) is 25.5 Å². The molecule has 0 unspecified atom stereocenters. The minimum atomic E-state index is 0.106. The molecule has 0 saturated carbocycles. The molecule has 0 aromatic carbocycles. The Kier molecular flexibility index (Phi) is 3.45. The van der Waals surface area contributed by atoms with Gasteiger partial charge in [-0.25, -0.2) is 9.97 Å². The lowest BCUT2D eigenvalue weighted by molar-refractivity contribution is 0.266. The number of aryl methyl sites for hydroxylation is 1. The molecular weight excluding hydrogens is 294 g/mol. The number of rotatable bonds is 4. The van der Waals surface area contributed by atoms with Crippen LogP contribution in [0.15, 0.2) is 18.7 Å². The van der Waals surface area contributed by atoms with Crippen LogP contribution in [0.2, 0.25) is 0 Å². The predicted octanol–water partition coefficient (Wildman–Crippen LogP) is 1.04. The molecule has 4 rings (SSSR count). The lowest BCUT2D eigenvalue weighted by atomic mass is 9.93. The average Bonchev–Trinajstić information content (AvgIpc) is 3.14. The number of aliphatic hydroxyl groups excluding tert-OH is 1. The summed E-state index contributed by atoms with van der Waals surface area (Å²) in [6.45, 7) is 0.650. The molecule has 120 valence electrons. The highest BCUT2D eigenvalue weighted by Gasteiger charge is 2.25. The molecule has 0 bridgehead atoms. The highest BCUT2D eigenvalue weighted by molar-refractivity contribution is 5.86. The molecule has 8 heteroatoms. The molecule has 0 radical (unpaired) electrons. The number of hydrogen-bond donors (Lipinski definition) is 2. The minimum absolute atomic E-state index is 0.106. The van der Waals surface area contributed by atoms with Crippen molar-refractivity contribution in [2.45, 2.75) is 31.8 Å². The SMILES string of the molecule is Cn1ncc2c(N[C@H]3CCCc4c3cnn4CCO)ncnc21. The van der Waals surface area contributed by atoms with E-state index in [0.717, 1.165) is 36.1 Å². The van der Waals surface area contributed by atoms with Crippen molar-refractivity contribution < 1.29 is 5.11 Å². The number of nitrogens with zero attached hydrogens (tertiary/aromatic N) is 6. The number of nitrogens with one attached hydrogen (secondary N) is 1. The molecule has 23 heavy (non-hydrogen) atoms. The smallest absolute Gasteiger partial charge is 0.163 e. The molecule has 1 aliphatic carbocycles. The van der Waals surface area contributed by atoms with Crippen LogP contribution in [-0.4, -0.2) is 41.2 Å². The van der Waals surface area contributed by atoms with Gasteiger partial charge in [0, 0.05) is 18.3 Å². The van der Waals surface area contributed by atoms with Crippen molar-refractivity contribution in [2.24, 2.45) is 7.05 Å². The van der Waals surface area contributed by atoms with Crippen LogP contribution in [0.25, 0.3) is 11.0 Å². The second kappa shape index (κ2) is 5.62. The highest BCUT2D eigenvalue weighted by Crippen LogP contribution is 2.33. The van der Waals surface area contributed by atoms with Gasteiger partial charge in [-0.1, -0.05) is 0 Å². The summed E-state index contributed by atoms with van der Waals surface area (Å²) in [6, 6.07) is 0.171. The topological polar surface area (TPSA) is 93.7 Å². The normalized spacial score (nSPS) is 17.4. The standard InChI is InChI=1S/C15H19N7O/c1-21-15-11(8-18-21)14(16-9-17-15)20-12-3-2-4-13-10(12)7-19-22(13)5-6-23/h7-9,12,23H,2-6H2,1H3,(H,16,17,20)/t12-/m0/s1. The van der Waals surface area contributed by atoms with Crippen molar-refractivity contribution in [3.05, 3.63) is 30.0 Å². The molecule has 1 aliphatic rings. The Balaban J connectivity index is 1.67. The van der Waals surface area contributed by atoms with E-state index in [0.29, 0.717) is 6.54 Å². The van der Waals surface area contributed by atoms with Crippen LogP contribution in [0.3, 0.4) is 0 Å². The molecule has 1 atom stereocenters. The first kappa shape index (κ1) is 14.1. The maximum atomic E-state index is 9.16. The van der Waals surface area contributed by atoms with Crippen LogP contribution < -0.4 is 5.32 Å². The summed E-state index contributed by atoms with van der Waals surface area (Å²) in [5, 5.41) is 22.3. The molecule has 0 aliphatic heterocycles. The molecule has 3 aromatic heterocycles. The quantitative estimate of drug-likeness (QED) is 0.747. The molecular formula is C15H19N7O. The number of hydrogen-bond acceptors (Lipinski definition) is 6. The number of fused-ring (bicyclic) bond motifs is 2. The van der Waals surface area contributed by atoms with Crippen LogP contribution in [0, 0.1) is 0 Å². The molecule has 3 aromatic rings. The summed E-state index contributed by atoms with van der Waals surface area (Å²) in [5.74, 6) is 0.802. The second-order valence-corrected chi connectivity index (χ2v) is 5.81. The largest absolute Gasteiger partial charge is 0.394 e. The van der Waals surface area contributed by atoms with E-state index in [4.69, 9.17) is 5.11 Å². The van der Waals surface area contributed by atoms with Gasteiger partial charge in [-0.05, 0) is 19.3 Å². The van der Waals surface area contributed by atoms with Gasteiger partial charge in [0.2, 0.25) is 0 Å². The summed E-state index contributed by atoms with van der Waals surface area (Å²) in [4.78, 5) is 8.66. The Bertz CT molecular complexity index is 838. The van der Waals surface area contributed by atoms with Gasteiger partial charge < -0.3 is 10.4 Å². The highest BCUT2D eigenvalue weighted by atomic mass is 16.3. The van der Waals surface area contributed by atoms with E-state index in [1.807, 2.05) is 17.9 Å². The van der Waals surface area contributed by atoms with Crippen molar-refractivity contribution in [3.63, 3.8) is 0 Å². The first-order valence-electron chi connectivity index (χ1n) is 7.82. The van der Waals surface area contributed by atoms with Gasteiger partial charge in [-0.3, -0.25) is 9.36 Å². The Labute approximate surface area is 133 Å². The zero-order chi connectivity index (χ0) is 15.8. The maximum absolute atomic E-state index is 9.16.